The van der Waals surface area contributed by atoms with E-state index in [2.05, 4.69) is 31.6 Å². The Hall–Kier alpha value is -0.510. The third kappa shape index (κ3) is 4.80. The predicted octanol–water partition coefficient (Wildman–Crippen LogP) is 3.52. The highest BCUT2D eigenvalue weighted by Crippen LogP contribution is 2.33. The monoisotopic (exact) mass is 463 g/mol. The number of aliphatic imine (C=N–C) groups is 1. The van der Waals surface area contributed by atoms with Crippen molar-refractivity contribution in [2.24, 2.45) is 4.99 Å². The molecule has 0 atom stereocenters. The number of benzene rings is 1. The summed E-state index contributed by atoms with van der Waals surface area (Å²) in [6.07, 6.45) is -3.42. The minimum atomic E-state index is -4.36. The number of nitrogens with zero attached hydrogens (tertiary/aromatic N) is 1. The maximum Gasteiger partial charge on any atom is 0.416 e. The van der Waals surface area contributed by atoms with Gasteiger partial charge in [0.15, 0.2) is 5.96 Å². The van der Waals surface area contributed by atoms with Gasteiger partial charge in [0.05, 0.1) is 5.56 Å². The molecule has 0 aromatic heterocycles. The quantitative estimate of drug-likeness (QED) is 0.658. The summed E-state index contributed by atoms with van der Waals surface area (Å²) in [5.74, 6) is 0.558. The topological polar surface area (TPSA) is 36.4 Å². The summed E-state index contributed by atoms with van der Waals surface area (Å²) in [7, 11) is 0. The van der Waals surface area contributed by atoms with E-state index in [1.165, 1.54) is 6.07 Å². The summed E-state index contributed by atoms with van der Waals surface area (Å²) in [5.41, 5.74) is -0.434. The third-order valence-electron chi connectivity index (χ3n) is 2.72. The van der Waals surface area contributed by atoms with Gasteiger partial charge in [-0.15, -0.1) is 24.0 Å². The Bertz CT molecular complexity index is 491. The molecule has 0 saturated heterocycles. The average molecular weight is 464 g/mol. The van der Waals surface area contributed by atoms with E-state index in [1.54, 1.807) is 6.07 Å². The van der Waals surface area contributed by atoms with Crippen LogP contribution >= 0.6 is 39.9 Å². The van der Waals surface area contributed by atoms with Crippen molar-refractivity contribution in [1.82, 2.24) is 10.6 Å². The van der Waals surface area contributed by atoms with E-state index in [0.717, 1.165) is 19.0 Å². The van der Waals surface area contributed by atoms with Gasteiger partial charge >= 0.3 is 6.18 Å². The van der Waals surface area contributed by atoms with Crippen molar-refractivity contribution in [1.29, 1.82) is 0 Å². The Kier molecular flexibility index (Phi) is 6.56. The third-order valence-corrected chi connectivity index (χ3v) is 3.21. The minimum Gasteiger partial charge on any atom is -0.356 e. The van der Waals surface area contributed by atoms with Crippen LogP contribution in [0, 0.1) is 0 Å². The van der Waals surface area contributed by atoms with E-state index < -0.39 is 11.7 Å². The summed E-state index contributed by atoms with van der Waals surface area (Å²) >= 11 is 3.06. The largest absolute Gasteiger partial charge is 0.416 e. The lowest BCUT2D eigenvalue weighted by Gasteiger charge is -2.18. The highest BCUT2D eigenvalue weighted by atomic mass is 127. The fourth-order valence-electron chi connectivity index (χ4n) is 1.80. The van der Waals surface area contributed by atoms with Gasteiger partial charge in [-0.3, -0.25) is 4.99 Å². The number of rotatable bonds is 2. The first-order valence-corrected chi connectivity index (χ1v) is 6.64. The Balaban J connectivity index is 0.00000200. The maximum absolute atomic E-state index is 12.9. The first kappa shape index (κ1) is 17.5. The van der Waals surface area contributed by atoms with Crippen molar-refractivity contribution in [3.8, 4) is 0 Å². The molecule has 3 nitrogen and oxygen atoms in total. The lowest BCUT2D eigenvalue weighted by atomic mass is 10.1. The van der Waals surface area contributed by atoms with Gasteiger partial charge in [-0.05, 0) is 24.1 Å². The van der Waals surface area contributed by atoms with E-state index in [1.807, 2.05) is 0 Å². The summed E-state index contributed by atoms with van der Waals surface area (Å²) in [4.78, 5) is 4.16. The number of nitrogens with one attached hydrogen (secondary N) is 2. The molecule has 0 spiro atoms. The van der Waals surface area contributed by atoms with Gasteiger partial charge in [0.2, 0.25) is 0 Å². The molecule has 1 aliphatic rings. The van der Waals surface area contributed by atoms with Crippen LogP contribution in [0.25, 0.3) is 0 Å². The molecule has 20 heavy (non-hydrogen) atoms. The second kappa shape index (κ2) is 7.48. The second-order valence-electron chi connectivity index (χ2n) is 4.16. The number of hydrogen-bond donors (Lipinski definition) is 2. The van der Waals surface area contributed by atoms with Crippen LogP contribution in [0.4, 0.5) is 13.2 Å². The van der Waals surface area contributed by atoms with E-state index >= 15 is 0 Å². The molecule has 0 saturated carbocycles. The van der Waals surface area contributed by atoms with Gasteiger partial charge in [-0.2, -0.15) is 13.2 Å². The number of halogens is 5. The van der Waals surface area contributed by atoms with Gasteiger partial charge in [0, 0.05) is 24.1 Å². The van der Waals surface area contributed by atoms with Gasteiger partial charge in [-0.1, -0.05) is 22.0 Å². The lowest BCUT2D eigenvalue weighted by Crippen LogP contribution is -2.40. The van der Waals surface area contributed by atoms with Crippen molar-refractivity contribution in [2.75, 3.05) is 13.1 Å². The van der Waals surface area contributed by atoms with Crippen LogP contribution in [0.2, 0.25) is 0 Å². The first-order chi connectivity index (χ1) is 8.97. The number of hydrogen-bond acceptors (Lipinski definition) is 3. The molecular weight excluding hydrogens is 450 g/mol. The zero-order valence-electron chi connectivity index (χ0n) is 10.4. The maximum atomic E-state index is 12.9. The summed E-state index contributed by atoms with van der Waals surface area (Å²) in [6, 6.07) is 4.15. The molecule has 1 heterocycles. The smallest absolute Gasteiger partial charge is 0.356 e. The number of alkyl halides is 3. The number of guanidine groups is 1. The molecule has 0 amide bonds. The molecule has 2 rings (SSSR count). The van der Waals surface area contributed by atoms with E-state index in [9.17, 15) is 13.2 Å². The Morgan fingerprint density at radius 2 is 2.10 bits per heavy atom. The SMILES string of the molecule is FC(F)(F)c1cc(Br)ccc1CNC1=NCCCN1.I. The van der Waals surface area contributed by atoms with Crippen molar-refractivity contribution in [2.45, 2.75) is 19.1 Å². The lowest BCUT2D eigenvalue weighted by molar-refractivity contribution is -0.138. The van der Waals surface area contributed by atoms with Crippen LogP contribution in [0.1, 0.15) is 17.5 Å². The van der Waals surface area contributed by atoms with E-state index in [-0.39, 0.29) is 36.1 Å². The molecule has 0 radical (unpaired) electrons. The zero-order valence-corrected chi connectivity index (χ0v) is 14.3. The Labute approximate surface area is 140 Å². The van der Waals surface area contributed by atoms with Crippen LogP contribution in [-0.2, 0) is 12.7 Å². The standard InChI is InChI=1S/C12H13BrF3N3.HI/c13-9-3-2-8(10(6-9)12(14,15)16)7-19-11-17-4-1-5-18-11;/h2-3,6H,1,4-5,7H2,(H2,17,18,19);1H. The van der Waals surface area contributed by atoms with Crippen molar-refractivity contribution >= 4 is 45.9 Å². The van der Waals surface area contributed by atoms with Crippen molar-refractivity contribution in [3.63, 3.8) is 0 Å². The highest BCUT2D eigenvalue weighted by molar-refractivity contribution is 14.0. The minimum absolute atomic E-state index is 0. The highest BCUT2D eigenvalue weighted by Gasteiger charge is 2.33. The molecule has 8 heteroatoms. The Morgan fingerprint density at radius 3 is 2.70 bits per heavy atom. The van der Waals surface area contributed by atoms with Crippen molar-refractivity contribution < 1.29 is 13.2 Å². The summed E-state index contributed by atoms with van der Waals surface area (Å²) in [5, 5.41) is 5.90. The molecule has 112 valence electrons. The fraction of sp³-hybridized carbons (Fsp3) is 0.417. The normalized spacial score (nSPS) is 14.9. The average Bonchev–Trinajstić information content (AvgIpc) is 2.37. The zero-order chi connectivity index (χ0) is 13.9. The van der Waals surface area contributed by atoms with E-state index in [0.29, 0.717) is 17.0 Å². The molecule has 1 aromatic rings. The van der Waals surface area contributed by atoms with Gasteiger partial charge in [0.1, 0.15) is 0 Å². The van der Waals surface area contributed by atoms with Crippen LogP contribution in [0.5, 0.6) is 0 Å². The van der Waals surface area contributed by atoms with Crippen molar-refractivity contribution in [3.05, 3.63) is 33.8 Å². The predicted molar refractivity (Wildman–Crippen MR) is 86.3 cm³/mol. The molecular formula is C12H14BrF3IN3. The van der Waals surface area contributed by atoms with E-state index in [4.69, 9.17) is 0 Å². The molecule has 0 aliphatic carbocycles. The summed E-state index contributed by atoms with van der Waals surface area (Å²) in [6.45, 7) is 1.58. The Morgan fingerprint density at radius 1 is 1.35 bits per heavy atom. The van der Waals surface area contributed by atoms with Crippen LogP contribution in [0.3, 0.4) is 0 Å². The van der Waals surface area contributed by atoms with Crippen LogP contribution < -0.4 is 10.6 Å². The van der Waals surface area contributed by atoms with Gasteiger partial charge < -0.3 is 10.6 Å². The molecule has 0 bridgehead atoms. The first-order valence-electron chi connectivity index (χ1n) is 5.84. The van der Waals surface area contributed by atoms with Gasteiger partial charge in [-0.25, -0.2) is 0 Å². The van der Waals surface area contributed by atoms with Crippen LogP contribution in [-0.4, -0.2) is 19.0 Å². The van der Waals surface area contributed by atoms with Crippen LogP contribution in [0.15, 0.2) is 27.7 Å². The summed E-state index contributed by atoms with van der Waals surface area (Å²) < 4.78 is 39.1. The second-order valence-corrected chi connectivity index (χ2v) is 5.08. The molecule has 1 aliphatic heterocycles. The molecule has 0 fully saturated rings. The molecule has 0 unspecified atom stereocenters. The molecule has 2 N–H and O–H groups in total. The fourth-order valence-corrected chi connectivity index (χ4v) is 2.16. The molecule has 1 aromatic carbocycles. The van der Waals surface area contributed by atoms with Gasteiger partial charge in [0.25, 0.3) is 0 Å².